The lowest BCUT2D eigenvalue weighted by molar-refractivity contribution is -0.126. The van der Waals surface area contributed by atoms with E-state index in [4.69, 9.17) is 10.9 Å². The Morgan fingerprint density at radius 1 is 0.810 bits per heavy atom. The molecule has 0 aliphatic rings. The topological polar surface area (TPSA) is 136 Å². The summed E-state index contributed by atoms with van der Waals surface area (Å²) in [5.41, 5.74) is 10.6. The maximum absolute atomic E-state index is 13.4. The van der Waals surface area contributed by atoms with Crippen LogP contribution in [0.1, 0.15) is 27.0 Å². The molecule has 0 aliphatic heterocycles. The molecule has 0 fully saturated rings. The van der Waals surface area contributed by atoms with E-state index in [9.17, 15) is 18.0 Å². The molecule has 0 heterocycles. The summed E-state index contributed by atoms with van der Waals surface area (Å²) >= 11 is 0. The van der Waals surface area contributed by atoms with Gasteiger partial charge in [-0.15, -0.1) is 0 Å². The summed E-state index contributed by atoms with van der Waals surface area (Å²) in [5, 5.41) is 8.01. The fourth-order valence-electron chi connectivity index (χ4n) is 4.41. The number of primary sulfonamides is 1. The number of nitrogens with two attached hydrogens (primary N) is 2. The highest BCUT2D eigenvalue weighted by molar-refractivity contribution is 7.89. The molecule has 2 amide bonds. The van der Waals surface area contributed by atoms with Gasteiger partial charge in [-0.2, -0.15) is 0 Å². The van der Waals surface area contributed by atoms with Gasteiger partial charge in [-0.3, -0.25) is 9.59 Å². The van der Waals surface area contributed by atoms with E-state index in [1.54, 1.807) is 35.3 Å². The molecule has 0 saturated heterocycles. The van der Waals surface area contributed by atoms with Crippen molar-refractivity contribution in [2.45, 2.75) is 17.9 Å². The van der Waals surface area contributed by atoms with Crippen molar-refractivity contribution in [1.82, 2.24) is 10.2 Å². The largest absolute Gasteiger partial charge is 0.351 e. The van der Waals surface area contributed by atoms with Crippen LogP contribution in [-0.2, 0) is 27.8 Å². The molecule has 0 aromatic heterocycles. The van der Waals surface area contributed by atoms with Crippen molar-refractivity contribution < 1.29 is 18.0 Å². The molecule has 0 aliphatic carbocycles. The molecular weight excluding hydrogens is 548 g/mol. The van der Waals surface area contributed by atoms with Crippen molar-refractivity contribution >= 4 is 27.9 Å². The van der Waals surface area contributed by atoms with Gasteiger partial charge < -0.3 is 16.0 Å². The monoisotopic (exact) mass is 582 g/mol. The molecule has 4 aromatic rings. The standard InChI is InChI=1S/C33H34N4O4S/c34-19-20-36-33(39)30-11-5-10-29(23-30)28-9-4-8-27(22-28)24-37(32(38)17-14-25-6-2-1-3-7-25)21-18-26-12-15-31(16-13-26)42(35,40)41/h1-17,22-23H,18-21,24,34H2,(H,36,39)(H2,35,40,41)/b17-14+. The average Bonchev–Trinajstić information content (AvgIpc) is 3.01. The van der Waals surface area contributed by atoms with Crippen LogP contribution < -0.4 is 16.2 Å². The minimum atomic E-state index is -3.78. The van der Waals surface area contributed by atoms with E-state index in [2.05, 4.69) is 5.32 Å². The van der Waals surface area contributed by atoms with E-state index in [0.29, 0.717) is 38.2 Å². The lowest BCUT2D eigenvalue weighted by Gasteiger charge is -2.22. The Balaban J connectivity index is 1.55. The number of amides is 2. The van der Waals surface area contributed by atoms with Gasteiger partial charge in [0, 0.05) is 37.8 Å². The first-order valence-corrected chi connectivity index (χ1v) is 15.1. The van der Waals surface area contributed by atoms with E-state index in [-0.39, 0.29) is 16.7 Å². The average molecular weight is 583 g/mol. The lowest BCUT2D eigenvalue weighted by atomic mass is 10.0. The Labute approximate surface area is 246 Å². The molecule has 216 valence electrons. The van der Waals surface area contributed by atoms with Crippen molar-refractivity contribution in [3.8, 4) is 11.1 Å². The lowest BCUT2D eigenvalue weighted by Crippen LogP contribution is -2.31. The summed E-state index contributed by atoms with van der Waals surface area (Å²) in [6.45, 7) is 1.53. The third-order valence-corrected chi connectivity index (χ3v) is 7.57. The second kappa shape index (κ2) is 14.4. The number of nitrogens with zero attached hydrogens (tertiary/aromatic N) is 1. The number of benzene rings is 4. The molecule has 4 rings (SSSR count). The second-order valence-corrected chi connectivity index (χ2v) is 11.3. The zero-order valence-electron chi connectivity index (χ0n) is 23.1. The molecule has 0 unspecified atom stereocenters. The Morgan fingerprint density at radius 3 is 2.19 bits per heavy atom. The number of rotatable bonds is 12. The maximum Gasteiger partial charge on any atom is 0.251 e. The van der Waals surface area contributed by atoms with Crippen LogP contribution in [0, 0.1) is 0 Å². The van der Waals surface area contributed by atoms with E-state index >= 15 is 0 Å². The highest BCUT2D eigenvalue weighted by atomic mass is 32.2. The first kappa shape index (κ1) is 30.4. The number of carbonyl (C=O) groups is 2. The summed E-state index contributed by atoms with van der Waals surface area (Å²) in [7, 11) is -3.78. The minimum Gasteiger partial charge on any atom is -0.351 e. The first-order chi connectivity index (χ1) is 20.2. The van der Waals surface area contributed by atoms with Crippen molar-refractivity contribution in [2.75, 3.05) is 19.6 Å². The molecule has 42 heavy (non-hydrogen) atoms. The van der Waals surface area contributed by atoms with Gasteiger partial charge in [-0.1, -0.05) is 72.8 Å². The van der Waals surface area contributed by atoms with Crippen LogP contribution in [0.15, 0.2) is 114 Å². The van der Waals surface area contributed by atoms with Crippen LogP contribution in [-0.4, -0.2) is 44.8 Å². The van der Waals surface area contributed by atoms with Crippen molar-refractivity contribution in [1.29, 1.82) is 0 Å². The van der Waals surface area contributed by atoms with Crippen LogP contribution in [0.4, 0.5) is 0 Å². The molecule has 0 radical (unpaired) electrons. The number of sulfonamides is 1. The van der Waals surface area contributed by atoms with Crippen molar-refractivity contribution in [3.63, 3.8) is 0 Å². The fourth-order valence-corrected chi connectivity index (χ4v) is 4.93. The van der Waals surface area contributed by atoms with Gasteiger partial charge in [0.05, 0.1) is 4.90 Å². The van der Waals surface area contributed by atoms with Crippen molar-refractivity contribution in [3.05, 3.63) is 131 Å². The minimum absolute atomic E-state index is 0.0442. The molecule has 5 N–H and O–H groups in total. The molecule has 4 aromatic carbocycles. The van der Waals surface area contributed by atoms with Gasteiger partial charge in [0.2, 0.25) is 15.9 Å². The summed E-state index contributed by atoms with van der Waals surface area (Å²) in [6.07, 6.45) is 3.87. The van der Waals surface area contributed by atoms with Gasteiger partial charge >= 0.3 is 0 Å². The third-order valence-electron chi connectivity index (χ3n) is 6.64. The van der Waals surface area contributed by atoms with E-state index in [0.717, 1.165) is 27.8 Å². The van der Waals surface area contributed by atoms with Crippen LogP contribution in [0.25, 0.3) is 17.2 Å². The maximum atomic E-state index is 13.4. The summed E-state index contributed by atoms with van der Waals surface area (Å²) in [6, 6.07) is 31.2. The quantitative estimate of drug-likeness (QED) is 0.217. The van der Waals surface area contributed by atoms with Gasteiger partial charge in [-0.05, 0) is 70.6 Å². The van der Waals surface area contributed by atoms with E-state index in [1.165, 1.54) is 12.1 Å². The van der Waals surface area contributed by atoms with Gasteiger partial charge in [-0.25, -0.2) is 13.6 Å². The molecule has 0 atom stereocenters. The number of nitrogens with one attached hydrogen (secondary N) is 1. The van der Waals surface area contributed by atoms with Crippen molar-refractivity contribution in [2.24, 2.45) is 10.9 Å². The normalized spacial score (nSPS) is 11.4. The van der Waals surface area contributed by atoms with Crippen LogP contribution in [0.2, 0.25) is 0 Å². The Morgan fingerprint density at radius 2 is 1.50 bits per heavy atom. The van der Waals surface area contributed by atoms with E-state index < -0.39 is 10.0 Å². The van der Waals surface area contributed by atoms with Crippen LogP contribution in [0.3, 0.4) is 0 Å². The van der Waals surface area contributed by atoms with Crippen LogP contribution in [0.5, 0.6) is 0 Å². The number of carbonyl (C=O) groups excluding carboxylic acids is 2. The Hall–Kier alpha value is -4.57. The molecular formula is C33H34N4O4S. The molecule has 0 saturated carbocycles. The summed E-state index contributed by atoms with van der Waals surface area (Å²) in [4.78, 5) is 27.6. The number of hydrogen-bond donors (Lipinski definition) is 3. The number of hydrogen-bond acceptors (Lipinski definition) is 5. The van der Waals surface area contributed by atoms with Gasteiger partial charge in [0.1, 0.15) is 0 Å². The summed E-state index contributed by atoms with van der Waals surface area (Å²) in [5.74, 6) is -0.332. The van der Waals surface area contributed by atoms with Gasteiger partial charge in [0.25, 0.3) is 5.91 Å². The third kappa shape index (κ3) is 8.71. The zero-order valence-corrected chi connectivity index (χ0v) is 24.0. The summed E-state index contributed by atoms with van der Waals surface area (Å²) < 4.78 is 23.2. The fraction of sp³-hybridized carbons (Fsp3) is 0.152. The van der Waals surface area contributed by atoms with Gasteiger partial charge in [0.15, 0.2) is 0 Å². The first-order valence-electron chi connectivity index (χ1n) is 13.5. The highest BCUT2D eigenvalue weighted by Crippen LogP contribution is 2.23. The second-order valence-electron chi connectivity index (χ2n) is 9.77. The molecule has 0 spiro atoms. The molecule has 9 heteroatoms. The Kier molecular flexibility index (Phi) is 10.4. The Bertz CT molecular complexity index is 1650. The smallest absolute Gasteiger partial charge is 0.251 e. The predicted molar refractivity (Wildman–Crippen MR) is 166 cm³/mol. The SMILES string of the molecule is NCCNC(=O)c1cccc(-c2cccc(CN(CCc3ccc(S(N)(=O)=O)cc3)C(=O)/C=C/c3ccccc3)c2)c1. The predicted octanol–water partition coefficient (Wildman–Crippen LogP) is 3.97. The molecule has 8 nitrogen and oxygen atoms in total. The van der Waals surface area contributed by atoms with E-state index in [1.807, 2.05) is 72.8 Å². The van der Waals surface area contributed by atoms with Crippen LogP contribution >= 0.6 is 0 Å². The highest BCUT2D eigenvalue weighted by Gasteiger charge is 2.14. The zero-order chi connectivity index (χ0) is 30.0. The molecule has 0 bridgehead atoms.